The van der Waals surface area contributed by atoms with Crippen molar-refractivity contribution in [2.75, 3.05) is 10.8 Å². The molecule has 3 aromatic carbocycles. The number of carbonyl (C=O) groups is 2. The molecule has 0 spiro atoms. The Morgan fingerprint density at radius 3 is 2.11 bits per heavy atom. The molecule has 0 saturated heterocycles. The van der Waals surface area contributed by atoms with Crippen LogP contribution in [0.5, 0.6) is 0 Å². The Morgan fingerprint density at radius 1 is 0.892 bits per heavy atom. The number of anilines is 1. The van der Waals surface area contributed by atoms with Crippen molar-refractivity contribution in [2.45, 2.75) is 57.6 Å². The zero-order valence-corrected chi connectivity index (χ0v) is 22.6. The Morgan fingerprint density at radius 2 is 1.51 bits per heavy atom. The molecule has 0 aromatic heterocycles. The van der Waals surface area contributed by atoms with Crippen LogP contribution in [-0.2, 0) is 26.2 Å². The number of amides is 2. The zero-order valence-electron chi connectivity index (χ0n) is 21.8. The Balaban J connectivity index is 1.99. The molecule has 2 unspecified atom stereocenters. The molecule has 7 nitrogen and oxygen atoms in total. The van der Waals surface area contributed by atoms with Gasteiger partial charge in [0.1, 0.15) is 12.6 Å². The molecule has 196 valence electrons. The highest BCUT2D eigenvalue weighted by Crippen LogP contribution is 2.24. The van der Waals surface area contributed by atoms with E-state index in [2.05, 4.69) is 5.32 Å². The normalized spacial score (nSPS) is 12.9. The van der Waals surface area contributed by atoms with Crippen LogP contribution in [0, 0.1) is 6.92 Å². The largest absolute Gasteiger partial charge is 0.352 e. The minimum absolute atomic E-state index is 0.0508. The van der Waals surface area contributed by atoms with Gasteiger partial charge in [-0.25, -0.2) is 8.42 Å². The second-order valence-electron chi connectivity index (χ2n) is 9.16. The molecule has 8 heteroatoms. The predicted octanol–water partition coefficient (Wildman–Crippen LogP) is 4.52. The maximum Gasteiger partial charge on any atom is 0.264 e. The van der Waals surface area contributed by atoms with Crippen molar-refractivity contribution in [1.82, 2.24) is 10.2 Å². The lowest BCUT2D eigenvalue weighted by Crippen LogP contribution is -2.52. The van der Waals surface area contributed by atoms with Gasteiger partial charge in [-0.2, -0.15) is 0 Å². The Hall–Kier alpha value is -3.65. The van der Waals surface area contributed by atoms with Gasteiger partial charge >= 0.3 is 0 Å². The maximum absolute atomic E-state index is 13.8. The summed E-state index contributed by atoms with van der Waals surface area (Å²) in [7, 11) is -4.05. The topological polar surface area (TPSA) is 86.8 Å². The van der Waals surface area contributed by atoms with Crippen molar-refractivity contribution in [2.24, 2.45) is 0 Å². The van der Waals surface area contributed by atoms with E-state index in [1.807, 2.05) is 45.0 Å². The molecule has 1 N–H and O–H groups in total. The molecular weight excluding hydrogens is 486 g/mol. The van der Waals surface area contributed by atoms with Crippen LogP contribution < -0.4 is 9.62 Å². The van der Waals surface area contributed by atoms with Gasteiger partial charge in [0, 0.05) is 12.6 Å². The van der Waals surface area contributed by atoms with Crippen LogP contribution in [0.15, 0.2) is 89.8 Å². The van der Waals surface area contributed by atoms with Gasteiger partial charge < -0.3 is 10.2 Å². The second-order valence-corrected chi connectivity index (χ2v) is 11.0. The molecule has 37 heavy (non-hydrogen) atoms. The summed E-state index contributed by atoms with van der Waals surface area (Å²) in [4.78, 5) is 28.4. The third-order valence-corrected chi connectivity index (χ3v) is 8.05. The van der Waals surface area contributed by atoms with Gasteiger partial charge in [0.2, 0.25) is 11.8 Å². The van der Waals surface area contributed by atoms with Crippen LogP contribution in [-0.4, -0.2) is 43.8 Å². The molecule has 3 aromatic rings. The Bertz CT molecular complexity index is 1300. The number of hydrogen-bond donors (Lipinski definition) is 1. The fourth-order valence-electron chi connectivity index (χ4n) is 3.90. The quantitative estimate of drug-likeness (QED) is 0.402. The first-order valence-corrected chi connectivity index (χ1v) is 13.9. The number of nitrogens with zero attached hydrogens (tertiary/aromatic N) is 2. The molecular formula is C29H35N3O4S. The average Bonchev–Trinajstić information content (AvgIpc) is 2.90. The number of aryl methyl sites for hydroxylation is 1. The molecule has 0 aliphatic rings. The molecule has 0 bridgehead atoms. The monoisotopic (exact) mass is 521 g/mol. The van der Waals surface area contributed by atoms with Crippen LogP contribution in [0.1, 0.15) is 38.3 Å². The van der Waals surface area contributed by atoms with Crippen LogP contribution in [0.3, 0.4) is 0 Å². The first-order valence-electron chi connectivity index (χ1n) is 12.4. The van der Waals surface area contributed by atoms with Gasteiger partial charge in [-0.05, 0) is 57.0 Å². The standard InChI is InChI=1S/C29H35N3O4S/c1-5-23(3)30-29(34)24(4)31(20-25-14-12-13-22(2)19-25)28(33)21-32(26-15-8-6-9-16-26)37(35,36)27-17-10-7-11-18-27/h6-19,23-24H,5,20-21H2,1-4H3,(H,30,34). The minimum Gasteiger partial charge on any atom is -0.352 e. The fourth-order valence-corrected chi connectivity index (χ4v) is 5.33. The third kappa shape index (κ3) is 7.20. The lowest BCUT2D eigenvalue weighted by Gasteiger charge is -2.32. The number of sulfonamides is 1. The van der Waals surface area contributed by atoms with E-state index in [0.29, 0.717) is 5.69 Å². The van der Waals surface area contributed by atoms with Gasteiger partial charge in [-0.15, -0.1) is 0 Å². The number of nitrogens with one attached hydrogen (secondary N) is 1. The van der Waals surface area contributed by atoms with Crippen molar-refractivity contribution in [3.8, 4) is 0 Å². The molecule has 3 rings (SSSR count). The van der Waals surface area contributed by atoms with Crippen LogP contribution in [0.2, 0.25) is 0 Å². The van der Waals surface area contributed by atoms with Gasteiger partial charge in [0.05, 0.1) is 10.6 Å². The van der Waals surface area contributed by atoms with Crippen LogP contribution >= 0.6 is 0 Å². The molecule has 0 aliphatic carbocycles. The highest BCUT2D eigenvalue weighted by atomic mass is 32.2. The van der Waals surface area contributed by atoms with Crippen LogP contribution in [0.25, 0.3) is 0 Å². The summed E-state index contributed by atoms with van der Waals surface area (Å²) < 4.78 is 28.4. The van der Waals surface area contributed by atoms with E-state index in [9.17, 15) is 18.0 Å². The summed E-state index contributed by atoms with van der Waals surface area (Å²) in [6.45, 7) is 7.22. The highest BCUT2D eigenvalue weighted by Gasteiger charge is 2.32. The van der Waals surface area contributed by atoms with E-state index in [1.165, 1.54) is 17.0 Å². The van der Waals surface area contributed by atoms with Gasteiger partial charge in [-0.1, -0.05) is 73.2 Å². The van der Waals surface area contributed by atoms with Crippen molar-refractivity contribution in [3.05, 3.63) is 96.1 Å². The van der Waals surface area contributed by atoms with Crippen molar-refractivity contribution in [3.63, 3.8) is 0 Å². The first-order chi connectivity index (χ1) is 17.6. The molecule has 0 fully saturated rings. The molecule has 0 saturated carbocycles. The van der Waals surface area contributed by atoms with E-state index < -0.39 is 28.5 Å². The predicted molar refractivity (Wildman–Crippen MR) is 147 cm³/mol. The fraction of sp³-hybridized carbons (Fsp3) is 0.310. The second kappa shape index (κ2) is 12.5. The summed E-state index contributed by atoms with van der Waals surface area (Å²) in [5.41, 5.74) is 2.25. The number of para-hydroxylation sites is 1. The average molecular weight is 522 g/mol. The summed E-state index contributed by atoms with van der Waals surface area (Å²) in [6.07, 6.45) is 0.751. The lowest BCUT2D eigenvalue weighted by molar-refractivity contribution is -0.139. The molecule has 2 atom stereocenters. The van der Waals surface area contributed by atoms with Gasteiger partial charge in [0.25, 0.3) is 10.0 Å². The highest BCUT2D eigenvalue weighted by molar-refractivity contribution is 7.92. The zero-order chi connectivity index (χ0) is 27.0. The van der Waals surface area contributed by atoms with Gasteiger partial charge in [-0.3, -0.25) is 13.9 Å². The number of rotatable bonds is 11. The third-order valence-electron chi connectivity index (χ3n) is 6.26. The summed E-state index contributed by atoms with van der Waals surface area (Å²) in [6, 6.07) is 23.4. The molecule has 2 amide bonds. The van der Waals surface area contributed by atoms with E-state index in [-0.39, 0.29) is 23.4 Å². The minimum atomic E-state index is -4.05. The van der Waals surface area contributed by atoms with Crippen molar-refractivity contribution in [1.29, 1.82) is 0 Å². The number of benzene rings is 3. The smallest absolute Gasteiger partial charge is 0.264 e. The first kappa shape index (κ1) is 27.9. The number of hydrogen-bond acceptors (Lipinski definition) is 4. The van der Waals surface area contributed by atoms with Crippen molar-refractivity contribution >= 4 is 27.5 Å². The maximum atomic E-state index is 13.8. The number of carbonyl (C=O) groups excluding carboxylic acids is 2. The molecule has 0 heterocycles. The van der Waals surface area contributed by atoms with E-state index in [1.54, 1.807) is 55.5 Å². The van der Waals surface area contributed by atoms with E-state index in [0.717, 1.165) is 21.9 Å². The lowest BCUT2D eigenvalue weighted by atomic mass is 10.1. The van der Waals surface area contributed by atoms with Crippen molar-refractivity contribution < 1.29 is 18.0 Å². The molecule has 0 radical (unpaired) electrons. The van der Waals surface area contributed by atoms with Gasteiger partial charge in [0.15, 0.2) is 0 Å². The molecule has 0 aliphatic heterocycles. The summed E-state index contributed by atoms with van der Waals surface area (Å²) in [5.74, 6) is -0.760. The van der Waals surface area contributed by atoms with E-state index in [4.69, 9.17) is 0 Å². The Kier molecular flexibility index (Phi) is 9.47. The Labute approximate surface area is 220 Å². The summed E-state index contributed by atoms with van der Waals surface area (Å²) >= 11 is 0. The van der Waals surface area contributed by atoms with E-state index >= 15 is 0 Å². The SMILES string of the molecule is CCC(C)NC(=O)C(C)N(Cc1cccc(C)c1)C(=O)CN(c1ccccc1)S(=O)(=O)c1ccccc1. The van der Waals surface area contributed by atoms with Crippen LogP contribution in [0.4, 0.5) is 5.69 Å². The summed E-state index contributed by atoms with van der Waals surface area (Å²) in [5, 5.41) is 2.94.